The number of hydrogen-bond acceptors (Lipinski definition) is 4. The number of carbonyl (C=O) groups excluding carboxylic acids is 1. The van der Waals surface area contributed by atoms with Gasteiger partial charge in [-0.3, -0.25) is 4.79 Å². The molecule has 1 amide bonds. The van der Waals surface area contributed by atoms with Gasteiger partial charge in [0.25, 0.3) is 5.91 Å². The maximum Gasteiger partial charge on any atom is 0.287 e. The average Bonchev–Trinajstić information content (AvgIpc) is 3.24. The van der Waals surface area contributed by atoms with Gasteiger partial charge in [-0.25, -0.2) is 0 Å². The number of fused-ring (bicyclic) bond motifs is 3. The third-order valence-electron chi connectivity index (χ3n) is 4.71. The molecule has 0 saturated carbocycles. The van der Waals surface area contributed by atoms with E-state index in [1.165, 1.54) is 24.8 Å². The normalized spacial score (nSPS) is 19.0. The van der Waals surface area contributed by atoms with Gasteiger partial charge in [-0.2, -0.15) is 0 Å². The second kappa shape index (κ2) is 6.20. The van der Waals surface area contributed by atoms with Crippen LogP contribution in [0.15, 0.2) is 35.0 Å². The summed E-state index contributed by atoms with van der Waals surface area (Å²) in [7, 11) is 0. The number of aromatic nitrogens is 1. The van der Waals surface area contributed by atoms with Crippen molar-refractivity contribution in [2.45, 2.75) is 32.0 Å². The zero-order valence-electron chi connectivity index (χ0n) is 13.4. The Morgan fingerprint density at radius 3 is 3.17 bits per heavy atom. The molecule has 0 aromatic carbocycles. The monoisotopic (exact) mass is 327 g/mol. The number of aryl methyl sites for hydroxylation is 1. The van der Waals surface area contributed by atoms with Crippen LogP contribution in [0.3, 0.4) is 0 Å². The Morgan fingerprint density at radius 1 is 1.42 bits per heavy atom. The van der Waals surface area contributed by atoms with Gasteiger partial charge in [-0.05, 0) is 49.6 Å². The van der Waals surface area contributed by atoms with Crippen LogP contribution in [-0.2, 0) is 13.0 Å². The predicted octanol–water partition coefficient (Wildman–Crippen LogP) is 2.00. The molecule has 4 rings (SSSR count). The van der Waals surface area contributed by atoms with Gasteiger partial charge >= 0.3 is 0 Å². The van der Waals surface area contributed by atoms with E-state index in [-0.39, 0.29) is 5.91 Å². The number of carbonyl (C=O) groups is 1. The second-order valence-corrected chi connectivity index (χ2v) is 6.21. The molecular weight excluding hydrogens is 306 g/mol. The lowest BCUT2D eigenvalue weighted by atomic mass is 10.1. The van der Waals surface area contributed by atoms with Crippen LogP contribution >= 0.6 is 0 Å². The van der Waals surface area contributed by atoms with Crippen molar-refractivity contribution >= 4 is 17.7 Å². The van der Waals surface area contributed by atoms with Gasteiger partial charge in [-0.15, -0.1) is 0 Å². The summed E-state index contributed by atoms with van der Waals surface area (Å²) in [6, 6.07) is 5.50. The molecule has 0 fully saturated rings. The van der Waals surface area contributed by atoms with Crippen LogP contribution in [0, 0.1) is 0 Å². The van der Waals surface area contributed by atoms with E-state index in [9.17, 15) is 9.90 Å². The van der Waals surface area contributed by atoms with Gasteiger partial charge in [0.2, 0.25) is 0 Å². The Labute approximate surface area is 140 Å². The fraction of sp³-hybridized carbons (Fsp3) is 0.389. The second-order valence-electron chi connectivity index (χ2n) is 6.21. The Kier molecular flexibility index (Phi) is 3.90. The molecule has 1 unspecified atom stereocenters. The number of rotatable bonds is 4. The number of nitrogens with one attached hydrogen (secondary N) is 1. The predicted molar refractivity (Wildman–Crippen MR) is 90.8 cm³/mol. The van der Waals surface area contributed by atoms with Crippen molar-refractivity contribution in [1.29, 1.82) is 0 Å². The first-order valence-corrected chi connectivity index (χ1v) is 8.41. The zero-order chi connectivity index (χ0) is 16.5. The summed E-state index contributed by atoms with van der Waals surface area (Å²) in [5.74, 6) is 0.0625. The highest BCUT2D eigenvalue weighted by molar-refractivity contribution is 5.91. The molecule has 126 valence electrons. The molecule has 1 atom stereocenters. The number of aliphatic hydroxyl groups excluding tert-OH is 1. The van der Waals surface area contributed by atoms with E-state index < -0.39 is 6.23 Å². The smallest absolute Gasteiger partial charge is 0.287 e. The molecule has 0 saturated heterocycles. The first-order valence-electron chi connectivity index (χ1n) is 8.41. The number of furan rings is 1. The highest BCUT2D eigenvalue weighted by Gasteiger charge is 2.26. The van der Waals surface area contributed by atoms with E-state index in [0.717, 1.165) is 24.3 Å². The molecule has 0 radical (unpaired) electrons. The third kappa shape index (κ3) is 2.63. The minimum Gasteiger partial charge on any atom is -0.459 e. The summed E-state index contributed by atoms with van der Waals surface area (Å²) in [6.45, 7) is 2.01. The quantitative estimate of drug-likeness (QED) is 0.901. The number of amides is 1. The van der Waals surface area contributed by atoms with E-state index in [4.69, 9.17) is 4.42 Å². The molecular formula is C18H21N3O3. The molecule has 2 aromatic heterocycles. The highest BCUT2D eigenvalue weighted by Crippen LogP contribution is 2.34. The molecule has 4 heterocycles. The summed E-state index contributed by atoms with van der Waals surface area (Å²) in [6.07, 6.45) is 8.12. The van der Waals surface area contributed by atoms with Crippen molar-refractivity contribution in [3.05, 3.63) is 47.7 Å². The fourth-order valence-electron chi connectivity index (χ4n) is 3.52. The maximum atomic E-state index is 11.9. The standard InChI is InChI=1S/C18H21N3O3/c22-17-7-6-14-15(12-13-4-1-2-9-20(13)14)21(17)10-8-19-18(23)16-5-3-11-24-16/h3,5-7,11-12,17,22H,1-2,4,8-10H2,(H,19,23). The number of nitrogens with zero attached hydrogens (tertiary/aromatic N) is 2. The van der Waals surface area contributed by atoms with Crippen LogP contribution in [0.4, 0.5) is 5.69 Å². The summed E-state index contributed by atoms with van der Waals surface area (Å²) in [4.78, 5) is 13.9. The Bertz CT molecular complexity index is 761. The maximum absolute atomic E-state index is 11.9. The van der Waals surface area contributed by atoms with Crippen molar-refractivity contribution in [2.24, 2.45) is 0 Å². The van der Waals surface area contributed by atoms with E-state index in [1.807, 2.05) is 11.0 Å². The van der Waals surface area contributed by atoms with Crippen molar-refractivity contribution in [1.82, 2.24) is 9.88 Å². The topological polar surface area (TPSA) is 70.6 Å². The minimum absolute atomic E-state index is 0.238. The molecule has 0 spiro atoms. The molecule has 6 heteroatoms. The first-order chi connectivity index (χ1) is 11.7. The third-order valence-corrected chi connectivity index (χ3v) is 4.71. The van der Waals surface area contributed by atoms with Crippen molar-refractivity contribution < 1.29 is 14.3 Å². The molecule has 6 nitrogen and oxygen atoms in total. The average molecular weight is 327 g/mol. The van der Waals surface area contributed by atoms with Gasteiger partial charge in [0.1, 0.15) is 6.23 Å². The van der Waals surface area contributed by atoms with Crippen molar-refractivity contribution in [3.8, 4) is 0 Å². The molecule has 0 bridgehead atoms. The lowest BCUT2D eigenvalue weighted by Gasteiger charge is -2.31. The fourth-order valence-corrected chi connectivity index (χ4v) is 3.52. The van der Waals surface area contributed by atoms with Crippen molar-refractivity contribution in [2.75, 3.05) is 18.0 Å². The number of anilines is 1. The number of aliphatic hydroxyl groups is 1. The summed E-state index contributed by atoms with van der Waals surface area (Å²) in [5.41, 5.74) is 3.54. The van der Waals surface area contributed by atoms with Gasteiger partial charge in [0.15, 0.2) is 5.76 Å². The minimum atomic E-state index is -0.664. The number of hydrogen-bond donors (Lipinski definition) is 2. The lowest BCUT2D eigenvalue weighted by molar-refractivity contribution is 0.0925. The summed E-state index contributed by atoms with van der Waals surface area (Å²) in [5, 5.41) is 13.2. The summed E-state index contributed by atoms with van der Waals surface area (Å²) < 4.78 is 7.42. The van der Waals surface area contributed by atoms with E-state index >= 15 is 0 Å². The zero-order valence-corrected chi connectivity index (χ0v) is 13.4. The lowest BCUT2D eigenvalue weighted by Crippen LogP contribution is -2.41. The van der Waals surface area contributed by atoms with Crippen LogP contribution in [0.25, 0.3) is 6.08 Å². The molecule has 2 aliphatic rings. The SMILES string of the molecule is O=C(NCCN1c2cc3n(c2C=CC1O)CCCC3)c1ccco1. The molecule has 2 aliphatic heterocycles. The van der Waals surface area contributed by atoms with Gasteiger partial charge in [0, 0.05) is 25.3 Å². The van der Waals surface area contributed by atoms with Gasteiger partial charge in [0.05, 0.1) is 17.6 Å². The van der Waals surface area contributed by atoms with Gasteiger partial charge < -0.3 is 24.3 Å². The van der Waals surface area contributed by atoms with E-state index in [0.29, 0.717) is 18.8 Å². The molecule has 0 aliphatic carbocycles. The van der Waals surface area contributed by atoms with Crippen LogP contribution < -0.4 is 10.2 Å². The van der Waals surface area contributed by atoms with E-state index in [2.05, 4.69) is 16.0 Å². The van der Waals surface area contributed by atoms with Crippen molar-refractivity contribution in [3.63, 3.8) is 0 Å². The highest BCUT2D eigenvalue weighted by atomic mass is 16.3. The Balaban J connectivity index is 1.47. The van der Waals surface area contributed by atoms with Crippen LogP contribution in [0.1, 0.15) is 34.8 Å². The molecule has 24 heavy (non-hydrogen) atoms. The Hall–Kier alpha value is -2.47. The first kappa shape index (κ1) is 15.1. The molecule has 2 N–H and O–H groups in total. The van der Waals surface area contributed by atoms with Gasteiger partial charge in [-0.1, -0.05) is 0 Å². The Morgan fingerprint density at radius 2 is 2.33 bits per heavy atom. The van der Waals surface area contributed by atoms with Crippen LogP contribution in [0.2, 0.25) is 0 Å². The largest absolute Gasteiger partial charge is 0.459 e. The summed E-state index contributed by atoms with van der Waals surface area (Å²) >= 11 is 0. The molecule has 2 aromatic rings. The van der Waals surface area contributed by atoms with E-state index in [1.54, 1.807) is 18.2 Å². The van der Waals surface area contributed by atoms with Crippen LogP contribution in [0.5, 0.6) is 0 Å². The van der Waals surface area contributed by atoms with Crippen LogP contribution in [-0.4, -0.2) is 34.9 Å².